The molecule has 1 N–H and O–H groups in total. The predicted molar refractivity (Wildman–Crippen MR) is 82.8 cm³/mol. The number of ether oxygens (including phenoxy) is 2. The van der Waals surface area contributed by atoms with Gasteiger partial charge in [0, 0.05) is 19.6 Å². The van der Waals surface area contributed by atoms with E-state index in [4.69, 9.17) is 9.47 Å². The molecule has 1 atom stereocenters. The van der Waals surface area contributed by atoms with E-state index in [1.165, 1.54) is 11.1 Å². The molecule has 2 aromatic rings. The van der Waals surface area contributed by atoms with Crippen LogP contribution in [0.5, 0.6) is 11.5 Å². The third-order valence-electron chi connectivity index (χ3n) is 4.49. The highest BCUT2D eigenvalue weighted by Gasteiger charge is 2.30. The van der Waals surface area contributed by atoms with Gasteiger partial charge in [0.1, 0.15) is 0 Å². The Morgan fingerprint density at radius 1 is 1.23 bits per heavy atom. The molecule has 0 saturated heterocycles. The molecule has 2 aromatic carbocycles. The number of benzene rings is 2. The third kappa shape index (κ3) is 2.25. The molecule has 2 heterocycles. The Hall–Kier alpha value is -2.04. The molecule has 2 aliphatic heterocycles. The van der Waals surface area contributed by atoms with Crippen LogP contribution in [0.3, 0.4) is 0 Å². The van der Waals surface area contributed by atoms with Crippen LogP contribution in [0.25, 0.3) is 0 Å². The molecule has 4 heteroatoms. The maximum absolute atomic E-state index is 10.5. The Morgan fingerprint density at radius 2 is 2.05 bits per heavy atom. The summed E-state index contributed by atoms with van der Waals surface area (Å²) in [5.41, 5.74) is 4.49. The molecule has 0 amide bonds. The Morgan fingerprint density at radius 3 is 2.86 bits per heavy atom. The molecule has 2 aliphatic rings. The lowest BCUT2D eigenvalue weighted by molar-refractivity contribution is 0.0877. The van der Waals surface area contributed by atoms with Gasteiger partial charge < -0.3 is 14.6 Å². The van der Waals surface area contributed by atoms with Gasteiger partial charge in [-0.1, -0.05) is 30.3 Å². The molecule has 0 spiro atoms. The van der Waals surface area contributed by atoms with Gasteiger partial charge in [0.05, 0.1) is 6.10 Å². The van der Waals surface area contributed by atoms with E-state index >= 15 is 0 Å². The fourth-order valence-corrected chi connectivity index (χ4v) is 3.37. The zero-order valence-electron chi connectivity index (χ0n) is 12.6. The highest BCUT2D eigenvalue weighted by Crippen LogP contribution is 2.43. The van der Waals surface area contributed by atoms with Crippen molar-refractivity contribution in [2.45, 2.75) is 26.1 Å². The highest BCUT2D eigenvalue weighted by molar-refractivity contribution is 5.56. The van der Waals surface area contributed by atoms with Gasteiger partial charge in [0.25, 0.3) is 0 Å². The molecular weight excluding hydrogens is 278 g/mol. The van der Waals surface area contributed by atoms with Crippen molar-refractivity contribution in [1.29, 1.82) is 0 Å². The van der Waals surface area contributed by atoms with E-state index in [2.05, 4.69) is 17.0 Å². The number of hydrogen-bond donors (Lipinski definition) is 1. The number of rotatable bonds is 2. The van der Waals surface area contributed by atoms with Gasteiger partial charge in [-0.2, -0.15) is 0 Å². The minimum atomic E-state index is -0.485. The predicted octanol–water partition coefficient (Wildman–Crippen LogP) is 2.77. The molecule has 0 aromatic heterocycles. The topological polar surface area (TPSA) is 41.9 Å². The van der Waals surface area contributed by atoms with Gasteiger partial charge in [-0.3, -0.25) is 4.90 Å². The first-order valence-electron chi connectivity index (χ1n) is 7.58. The largest absolute Gasteiger partial charge is 0.454 e. The fourth-order valence-electron chi connectivity index (χ4n) is 3.37. The van der Waals surface area contributed by atoms with Crippen LogP contribution in [0.2, 0.25) is 0 Å². The van der Waals surface area contributed by atoms with Crippen LogP contribution in [-0.2, 0) is 13.1 Å². The smallest absolute Gasteiger partial charge is 0.231 e. The minimum absolute atomic E-state index is 0.267. The van der Waals surface area contributed by atoms with Gasteiger partial charge in [0.15, 0.2) is 11.5 Å². The summed E-state index contributed by atoms with van der Waals surface area (Å²) in [5.74, 6) is 1.58. The minimum Gasteiger partial charge on any atom is -0.454 e. The lowest BCUT2D eigenvalue weighted by Gasteiger charge is -2.33. The Kier molecular flexibility index (Phi) is 3.28. The van der Waals surface area contributed by atoms with Gasteiger partial charge in [-0.15, -0.1) is 0 Å². The summed E-state index contributed by atoms with van der Waals surface area (Å²) >= 11 is 0. The van der Waals surface area contributed by atoms with Crippen molar-refractivity contribution in [2.24, 2.45) is 0 Å². The van der Waals surface area contributed by atoms with Crippen molar-refractivity contribution < 1.29 is 14.6 Å². The average Bonchev–Trinajstić information content (AvgIpc) is 2.99. The van der Waals surface area contributed by atoms with Crippen molar-refractivity contribution in [1.82, 2.24) is 4.90 Å². The SMILES string of the molecule is Cc1c2c(cc3c1OCO3)[C@H](O)CN(Cc1ccccc1)C2. The first kappa shape index (κ1) is 13.6. The van der Waals surface area contributed by atoms with E-state index in [0.29, 0.717) is 6.54 Å². The number of β-amino-alcohol motifs (C(OH)–C–C–N with tert-alkyl or cyclic N) is 1. The number of hydrogen-bond acceptors (Lipinski definition) is 4. The number of fused-ring (bicyclic) bond motifs is 2. The van der Waals surface area contributed by atoms with Crippen molar-refractivity contribution in [3.8, 4) is 11.5 Å². The van der Waals surface area contributed by atoms with Gasteiger partial charge in [-0.25, -0.2) is 0 Å². The second kappa shape index (κ2) is 5.30. The first-order valence-corrected chi connectivity index (χ1v) is 7.58. The van der Waals surface area contributed by atoms with Crippen LogP contribution in [0.1, 0.15) is 28.4 Å². The van der Waals surface area contributed by atoms with Gasteiger partial charge in [-0.05, 0) is 35.2 Å². The molecule has 4 nitrogen and oxygen atoms in total. The third-order valence-corrected chi connectivity index (χ3v) is 4.49. The molecule has 0 saturated carbocycles. The molecule has 114 valence electrons. The lowest BCUT2D eigenvalue weighted by atomic mass is 9.92. The van der Waals surface area contributed by atoms with Gasteiger partial charge in [0.2, 0.25) is 6.79 Å². The summed E-state index contributed by atoms with van der Waals surface area (Å²) in [6.45, 7) is 4.62. The number of aliphatic hydroxyl groups excluding tert-OH is 1. The first-order chi connectivity index (χ1) is 10.7. The summed E-state index contributed by atoms with van der Waals surface area (Å²) in [6.07, 6.45) is -0.485. The van der Waals surface area contributed by atoms with E-state index in [1.807, 2.05) is 31.2 Å². The molecule has 0 aliphatic carbocycles. The Bertz CT molecular complexity index is 699. The van der Waals surface area contributed by atoms with Crippen molar-refractivity contribution in [3.05, 3.63) is 58.7 Å². The van der Waals surface area contributed by atoms with Crippen LogP contribution in [0.4, 0.5) is 0 Å². The standard InChI is InChI=1S/C18H19NO3/c1-12-15-9-19(8-13-5-3-2-4-6-13)10-16(20)14(15)7-17-18(12)22-11-21-17/h2-7,16,20H,8-11H2,1H3/t16-/m1/s1. The molecule has 22 heavy (non-hydrogen) atoms. The summed E-state index contributed by atoms with van der Waals surface area (Å²) in [7, 11) is 0. The van der Waals surface area contributed by atoms with E-state index in [9.17, 15) is 5.11 Å². The zero-order valence-corrected chi connectivity index (χ0v) is 12.6. The van der Waals surface area contributed by atoms with Crippen LogP contribution in [0, 0.1) is 6.92 Å². The average molecular weight is 297 g/mol. The molecular formula is C18H19NO3. The van der Waals surface area contributed by atoms with Crippen LogP contribution in [0.15, 0.2) is 36.4 Å². The van der Waals surface area contributed by atoms with Crippen molar-refractivity contribution in [3.63, 3.8) is 0 Å². The Labute approximate surface area is 129 Å². The summed E-state index contributed by atoms with van der Waals surface area (Å²) in [6, 6.07) is 12.3. The summed E-state index contributed by atoms with van der Waals surface area (Å²) < 4.78 is 11.0. The van der Waals surface area contributed by atoms with E-state index in [1.54, 1.807) is 0 Å². The lowest BCUT2D eigenvalue weighted by Crippen LogP contribution is -2.33. The maximum Gasteiger partial charge on any atom is 0.231 e. The van der Waals surface area contributed by atoms with Gasteiger partial charge >= 0.3 is 0 Å². The van der Waals surface area contributed by atoms with Crippen LogP contribution >= 0.6 is 0 Å². The second-order valence-electron chi connectivity index (χ2n) is 5.97. The Balaban J connectivity index is 1.65. The highest BCUT2D eigenvalue weighted by atomic mass is 16.7. The molecule has 0 bridgehead atoms. The van der Waals surface area contributed by atoms with Crippen molar-refractivity contribution in [2.75, 3.05) is 13.3 Å². The van der Waals surface area contributed by atoms with E-state index < -0.39 is 6.10 Å². The van der Waals surface area contributed by atoms with Crippen LogP contribution < -0.4 is 9.47 Å². The number of aliphatic hydroxyl groups is 1. The van der Waals surface area contributed by atoms with E-state index in [-0.39, 0.29) is 6.79 Å². The fraction of sp³-hybridized carbons (Fsp3) is 0.333. The summed E-state index contributed by atoms with van der Waals surface area (Å²) in [5, 5.41) is 10.5. The molecule has 4 rings (SSSR count). The summed E-state index contributed by atoms with van der Waals surface area (Å²) in [4.78, 5) is 2.28. The number of nitrogens with zero attached hydrogens (tertiary/aromatic N) is 1. The zero-order chi connectivity index (χ0) is 15.1. The van der Waals surface area contributed by atoms with Crippen molar-refractivity contribution >= 4 is 0 Å². The second-order valence-corrected chi connectivity index (χ2v) is 5.97. The maximum atomic E-state index is 10.5. The van der Waals surface area contributed by atoms with E-state index in [0.717, 1.165) is 35.7 Å². The monoisotopic (exact) mass is 297 g/mol. The van der Waals surface area contributed by atoms with Crippen LogP contribution in [-0.4, -0.2) is 23.3 Å². The quantitative estimate of drug-likeness (QED) is 0.925. The molecule has 0 fully saturated rings. The molecule has 0 unspecified atom stereocenters. The molecule has 0 radical (unpaired) electrons. The normalized spacial score (nSPS) is 20.0.